The third-order valence-corrected chi connectivity index (χ3v) is 3.68. The number of ether oxygens (including phenoxy) is 1. The van der Waals surface area contributed by atoms with Crippen molar-refractivity contribution in [2.75, 3.05) is 13.1 Å². The molecule has 0 radical (unpaired) electrons. The van der Waals surface area contributed by atoms with Crippen molar-refractivity contribution in [3.05, 3.63) is 0 Å². The highest BCUT2D eigenvalue weighted by molar-refractivity contribution is 5.73. The largest absolute Gasteiger partial charge is 0.481 e. The van der Waals surface area contributed by atoms with Gasteiger partial charge in [0.25, 0.3) is 0 Å². The number of nitrogens with zero attached hydrogens (tertiary/aromatic N) is 1. The van der Waals surface area contributed by atoms with Gasteiger partial charge in [0.05, 0.1) is 5.92 Å². The Hall–Kier alpha value is -1.26. The minimum atomic E-state index is -0.840. The average molecular weight is 285 g/mol. The van der Waals surface area contributed by atoms with Gasteiger partial charge in [-0.15, -0.1) is 0 Å². The fourth-order valence-electron chi connectivity index (χ4n) is 2.38. The molecule has 0 aliphatic carbocycles. The van der Waals surface area contributed by atoms with E-state index >= 15 is 0 Å². The first-order valence-corrected chi connectivity index (χ1v) is 7.11. The molecule has 5 heteroatoms. The first-order valence-electron chi connectivity index (χ1n) is 7.11. The molecule has 1 rings (SSSR count). The number of hydrogen-bond acceptors (Lipinski definition) is 3. The number of carbonyl (C=O) groups is 2. The van der Waals surface area contributed by atoms with Gasteiger partial charge >= 0.3 is 12.1 Å². The summed E-state index contributed by atoms with van der Waals surface area (Å²) in [5.41, 5.74) is -0.598. The van der Waals surface area contributed by atoms with E-state index in [4.69, 9.17) is 4.74 Å². The fraction of sp³-hybridized carbons (Fsp3) is 0.867. The second-order valence-electron chi connectivity index (χ2n) is 7.72. The van der Waals surface area contributed by atoms with Crippen LogP contribution in [0.3, 0.4) is 0 Å². The van der Waals surface area contributed by atoms with E-state index in [1.807, 2.05) is 20.8 Å². The number of hydrogen-bond donors (Lipinski definition) is 1. The summed E-state index contributed by atoms with van der Waals surface area (Å²) in [4.78, 5) is 25.0. The van der Waals surface area contributed by atoms with Gasteiger partial charge in [0, 0.05) is 13.1 Å². The number of piperidine rings is 1. The van der Waals surface area contributed by atoms with Crippen LogP contribution in [0.2, 0.25) is 0 Å². The molecular formula is C15H27NO4. The number of carbonyl (C=O) groups excluding carboxylic acids is 1. The quantitative estimate of drug-likeness (QED) is 0.804. The zero-order valence-corrected chi connectivity index (χ0v) is 13.4. The molecule has 116 valence electrons. The second kappa shape index (κ2) is 5.62. The standard InChI is InChI=1S/C15H27NO4/c1-14(2,3)11-7-10(12(17)18)8-16(9-11)13(19)20-15(4,5)6/h10-11H,7-9H2,1-6H3,(H,17,18). The molecular weight excluding hydrogens is 258 g/mol. The maximum absolute atomic E-state index is 12.2. The Morgan fingerprint density at radius 1 is 1.10 bits per heavy atom. The van der Waals surface area contributed by atoms with Gasteiger partial charge in [0.1, 0.15) is 5.60 Å². The smallest absolute Gasteiger partial charge is 0.410 e. The molecule has 0 bridgehead atoms. The van der Waals surface area contributed by atoms with Crippen LogP contribution in [0.15, 0.2) is 0 Å². The van der Waals surface area contributed by atoms with Gasteiger partial charge in [-0.25, -0.2) is 4.79 Å². The van der Waals surface area contributed by atoms with Crippen molar-refractivity contribution in [2.24, 2.45) is 17.3 Å². The van der Waals surface area contributed by atoms with Crippen LogP contribution in [0.1, 0.15) is 48.0 Å². The van der Waals surface area contributed by atoms with E-state index in [1.165, 1.54) is 0 Å². The molecule has 0 aromatic heterocycles. The van der Waals surface area contributed by atoms with Crippen molar-refractivity contribution >= 4 is 12.1 Å². The maximum Gasteiger partial charge on any atom is 0.410 e. The summed E-state index contributed by atoms with van der Waals surface area (Å²) in [6.45, 7) is 12.5. The van der Waals surface area contributed by atoms with Crippen molar-refractivity contribution in [2.45, 2.75) is 53.6 Å². The predicted molar refractivity (Wildman–Crippen MR) is 76.5 cm³/mol. The van der Waals surface area contributed by atoms with Crippen LogP contribution in [0.25, 0.3) is 0 Å². The van der Waals surface area contributed by atoms with E-state index < -0.39 is 23.6 Å². The Balaban J connectivity index is 2.85. The predicted octanol–water partition coefficient (Wildman–Crippen LogP) is 2.99. The zero-order valence-electron chi connectivity index (χ0n) is 13.4. The summed E-state index contributed by atoms with van der Waals surface area (Å²) in [6, 6.07) is 0. The molecule has 1 saturated heterocycles. The molecule has 1 fully saturated rings. The monoisotopic (exact) mass is 285 g/mol. The third-order valence-electron chi connectivity index (χ3n) is 3.68. The number of likely N-dealkylation sites (tertiary alicyclic amines) is 1. The van der Waals surface area contributed by atoms with Crippen LogP contribution in [0.4, 0.5) is 4.79 Å². The van der Waals surface area contributed by atoms with E-state index in [0.29, 0.717) is 13.0 Å². The van der Waals surface area contributed by atoms with Crippen LogP contribution in [-0.2, 0) is 9.53 Å². The number of aliphatic carboxylic acids is 1. The van der Waals surface area contributed by atoms with Gasteiger partial charge in [-0.3, -0.25) is 4.79 Å². The van der Waals surface area contributed by atoms with E-state index in [-0.39, 0.29) is 17.9 Å². The molecule has 1 heterocycles. The minimum Gasteiger partial charge on any atom is -0.481 e. The highest BCUT2D eigenvalue weighted by atomic mass is 16.6. The topological polar surface area (TPSA) is 66.8 Å². The van der Waals surface area contributed by atoms with Crippen molar-refractivity contribution in [1.29, 1.82) is 0 Å². The third kappa shape index (κ3) is 4.69. The lowest BCUT2D eigenvalue weighted by atomic mass is 9.73. The van der Waals surface area contributed by atoms with Gasteiger partial charge in [-0.1, -0.05) is 20.8 Å². The van der Waals surface area contributed by atoms with Crippen molar-refractivity contribution < 1.29 is 19.4 Å². The molecule has 0 aromatic carbocycles. The first kappa shape index (κ1) is 16.8. The molecule has 2 atom stereocenters. The molecule has 0 aromatic rings. The van der Waals surface area contributed by atoms with E-state index in [0.717, 1.165) is 0 Å². The number of rotatable bonds is 1. The van der Waals surface area contributed by atoms with Crippen molar-refractivity contribution in [3.63, 3.8) is 0 Å². The zero-order chi connectivity index (χ0) is 15.7. The van der Waals surface area contributed by atoms with Crippen LogP contribution >= 0.6 is 0 Å². The van der Waals surface area contributed by atoms with Gasteiger partial charge in [-0.05, 0) is 38.5 Å². The second-order valence-corrected chi connectivity index (χ2v) is 7.72. The highest BCUT2D eigenvalue weighted by Gasteiger charge is 2.39. The summed E-state index contributed by atoms with van der Waals surface area (Å²) in [7, 11) is 0. The molecule has 0 saturated carbocycles. The van der Waals surface area contributed by atoms with Gasteiger partial charge in [0.2, 0.25) is 0 Å². The van der Waals surface area contributed by atoms with E-state index in [9.17, 15) is 14.7 Å². The maximum atomic E-state index is 12.2. The summed E-state index contributed by atoms with van der Waals surface area (Å²) in [5.74, 6) is -1.20. The normalized spacial score (nSPS) is 24.4. The average Bonchev–Trinajstić information content (AvgIpc) is 2.24. The SMILES string of the molecule is CC(C)(C)OC(=O)N1CC(C(=O)O)CC(C(C)(C)C)C1. The molecule has 2 unspecified atom stereocenters. The Labute approximate surface area is 121 Å². The highest BCUT2D eigenvalue weighted by Crippen LogP contribution is 2.36. The van der Waals surface area contributed by atoms with Gasteiger partial charge in [0.15, 0.2) is 0 Å². The number of amides is 1. The fourth-order valence-corrected chi connectivity index (χ4v) is 2.38. The summed E-state index contributed by atoms with van der Waals surface area (Å²) < 4.78 is 5.36. The molecule has 0 spiro atoms. The Morgan fingerprint density at radius 2 is 1.65 bits per heavy atom. The van der Waals surface area contributed by atoms with Crippen LogP contribution in [0, 0.1) is 17.3 Å². The molecule has 20 heavy (non-hydrogen) atoms. The minimum absolute atomic E-state index is 0.0334. The molecule has 1 N–H and O–H groups in total. The lowest BCUT2D eigenvalue weighted by Gasteiger charge is -2.42. The lowest BCUT2D eigenvalue weighted by molar-refractivity contribution is -0.144. The molecule has 1 aliphatic heterocycles. The summed E-state index contributed by atoms with van der Waals surface area (Å²) in [5, 5.41) is 9.28. The Bertz CT molecular complexity index is 378. The van der Waals surface area contributed by atoms with Gasteiger partial charge < -0.3 is 14.7 Å². The van der Waals surface area contributed by atoms with E-state index in [1.54, 1.807) is 4.90 Å². The Kier molecular flexibility index (Phi) is 4.72. The van der Waals surface area contributed by atoms with Crippen LogP contribution in [0.5, 0.6) is 0 Å². The lowest BCUT2D eigenvalue weighted by Crippen LogP contribution is -2.50. The molecule has 5 nitrogen and oxygen atoms in total. The van der Waals surface area contributed by atoms with Gasteiger partial charge in [-0.2, -0.15) is 0 Å². The first-order chi connectivity index (χ1) is 8.90. The summed E-state index contributed by atoms with van der Waals surface area (Å²) in [6.07, 6.45) is 0.190. The number of carboxylic acid groups (broad SMARTS) is 1. The summed E-state index contributed by atoms with van der Waals surface area (Å²) >= 11 is 0. The van der Waals surface area contributed by atoms with Crippen LogP contribution in [-0.4, -0.2) is 40.8 Å². The molecule has 1 amide bonds. The Morgan fingerprint density at radius 3 is 2.05 bits per heavy atom. The number of carboxylic acids is 1. The van der Waals surface area contributed by atoms with Crippen LogP contribution < -0.4 is 0 Å². The van der Waals surface area contributed by atoms with Crippen molar-refractivity contribution in [1.82, 2.24) is 4.90 Å². The van der Waals surface area contributed by atoms with E-state index in [2.05, 4.69) is 20.8 Å². The molecule has 1 aliphatic rings. The van der Waals surface area contributed by atoms with Crippen molar-refractivity contribution in [3.8, 4) is 0 Å².